The molecule has 0 amide bonds. The number of hydrogen-bond acceptors (Lipinski definition) is 5. The van der Waals surface area contributed by atoms with Crippen LogP contribution in [0.1, 0.15) is 11.1 Å². The van der Waals surface area contributed by atoms with E-state index < -0.39 is 0 Å². The van der Waals surface area contributed by atoms with Crippen molar-refractivity contribution in [1.82, 2.24) is 20.4 Å². The lowest BCUT2D eigenvalue weighted by Gasteiger charge is -2.27. The average molecular weight is 367 g/mol. The Bertz CT molecular complexity index is 837. The molecule has 1 aromatic rings. The van der Waals surface area contributed by atoms with E-state index in [4.69, 9.17) is 0 Å². The maximum Gasteiger partial charge on any atom is 0.127 e. The summed E-state index contributed by atoms with van der Waals surface area (Å²) in [5.74, 6) is 1.28. The highest BCUT2D eigenvalue weighted by molar-refractivity contribution is 5.97. The first kappa shape index (κ1) is 18.9. The molecule has 0 radical (unpaired) electrons. The number of nitrogens with zero attached hydrogens (tertiary/aromatic N) is 3. The fourth-order valence-electron chi connectivity index (χ4n) is 3.08. The fourth-order valence-corrected chi connectivity index (χ4v) is 3.08. The first-order chi connectivity index (χ1) is 13.0. The first-order valence-electron chi connectivity index (χ1n) is 9.00. The summed E-state index contributed by atoms with van der Waals surface area (Å²) in [6.45, 7) is 11.1. The Morgan fingerprint density at radius 1 is 1.19 bits per heavy atom. The van der Waals surface area contributed by atoms with E-state index >= 15 is 0 Å². The van der Waals surface area contributed by atoms with Gasteiger partial charge in [0.25, 0.3) is 0 Å². The Kier molecular flexibility index (Phi) is 5.76. The number of allylic oxidation sites excluding steroid dienone is 2. The van der Waals surface area contributed by atoms with Gasteiger partial charge < -0.3 is 20.4 Å². The van der Waals surface area contributed by atoms with Crippen LogP contribution in [0.4, 0.5) is 4.39 Å². The summed E-state index contributed by atoms with van der Waals surface area (Å²) in [5.41, 5.74) is 2.97. The van der Waals surface area contributed by atoms with E-state index in [-0.39, 0.29) is 5.82 Å². The van der Waals surface area contributed by atoms with E-state index in [0.717, 1.165) is 48.0 Å². The number of hydrogen-bond donors (Lipinski definition) is 2. The fraction of sp³-hybridized carbons (Fsp3) is 0.286. The van der Waals surface area contributed by atoms with Gasteiger partial charge in [-0.1, -0.05) is 19.2 Å². The van der Waals surface area contributed by atoms with Crippen molar-refractivity contribution in [1.29, 1.82) is 0 Å². The maximum absolute atomic E-state index is 14.3. The van der Waals surface area contributed by atoms with Crippen molar-refractivity contribution in [2.24, 2.45) is 4.99 Å². The van der Waals surface area contributed by atoms with E-state index in [1.807, 2.05) is 30.3 Å². The number of likely N-dealkylation sites (N-methyl/N-ethyl adjacent to an activating group) is 1. The lowest BCUT2D eigenvalue weighted by atomic mass is 10.0. The summed E-state index contributed by atoms with van der Waals surface area (Å²) < 4.78 is 14.3. The Hall–Kier alpha value is -2.86. The van der Waals surface area contributed by atoms with Crippen LogP contribution in [0.5, 0.6) is 0 Å². The van der Waals surface area contributed by atoms with Gasteiger partial charge in [-0.15, -0.1) is 0 Å². The topological polar surface area (TPSA) is 42.9 Å². The number of nitrogens with one attached hydrogen (secondary N) is 2. The van der Waals surface area contributed by atoms with Gasteiger partial charge in [-0.3, -0.25) is 4.99 Å². The van der Waals surface area contributed by atoms with Gasteiger partial charge >= 0.3 is 0 Å². The van der Waals surface area contributed by atoms with E-state index in [1.165, 1.54) is 12.1 Å². The van der Waals surface area contributed by atoms with Crippen LogP contribution in [-0.2, 0) is 0 Å². The predicted octanol–water partition coefficient (Wildman–Crippen LogP) is 2.63. The highest BCUT2D eigenvalue weighted by Gasteiger charge is 2.17. The molecule has 0 saturated heterocycles. The molecule has 2 heterocycles. The summed E-state index contributed by atoms with van der Waals surface area (Å²) in [4.78, 5) is 8.78. The standard InChI is InChI=1S/C21H26FN5/c1-5-19-17-12-16(13-18(22)14-17)15(2)23-7-10-26(3)11-8-24-20-6-9-27(4)21(19)25-20/h5-6,9,12-14,23H,1-2,7-8,10-11H2,3-4H3,(H,24,25)/b21-19+. The van der Waals surface area contributed by atoms with Gasteiger partial charge in [-0.2, -0.15) is 0 Å². The Labute approximate surface area is 160 Å². The van der Waals surface area contributed by atoms with E-state index in [0.29, 0.717) is 12.2 Å². The van der Waals surface area contributed by atoms with Crippen LogP contribution >= 0.6 is 0 Å². The normalized spacial score (nSPS) is 21.5. The molecule has 142 valence electrons. The third-order valence-electron chi connectivity index (χ3n) is 4.67. The number of rotatable bonds is 1. The molecule has 27 heavy (non-hydrogen) atoms. The largest absolute Gasteiger partial charge is 0.384 e. The molecule has 5 nitrogen and oxygen atoms in total. The zero-order valence-corrected chi connectivity index (χ0v) is 15.9. The molecule has 0 fully saturated rings. The molecular weight excluding hydrogens is 341 g/mol. The predicted molar refractivity (Wildman–Crippen MR) is 110 cm³/mol. The van der Waals surface area contributed by atoms with Gasteiger partial charge in [0.1, 0.15) is 17.5 Å². The SMILES string of the molecule is C=C/C1=C2/NC(=NCCN(C)CCNC(=C)c3cc(F)cc1c3)C=CN2C. The lowest BCUT2D eigenvalue weighted by molar-refractivity contribution is 0.347. The highest BCUT2D eigenvalue weighted by atomic mass is 19.1. The number of benzene rings is 1. The average Bonchev–Trinajstić information content (AvgIpc) is 2.63. The van der Waals surface area contributed by atoms with E-state index in [2.05, 4.69) is 40.7 Å². The van der Waals surface area contributed by atoms with Gasteiger partial charge in [0.05, 0.1) is 6.54 Å². The van der Waals surface area contributed by atoms with Gasteiger partial charge in [0, 0.05) is 49.7 Å². The molecule has 2 N–H and O–H groups in total. The summed E-state index contributed by atoms with van der Waals surface area (Å²) in [6.07, 6.45) is 5.61. The zero-order valence-electron chi connectivity index (χ0n) is 15.9. The van der Waals surface area contributed by atoms with E-state index in [9.17, 15) is 4.39 Å². The van der Waals surface area contributed by atoms with E-state index in [1.54, 1.807) is 6.08 Å². The summed E-state index contributed by atoms with van der Waals surface area (Å²) in [5, 5.41) is 6.63. The minimum Gasteiger partial charge on any atom is -0.384 e. The first-order valence-corrected chi connectivity index (χ1v) is 9.00. The van der Waals surface area contributed by atoms with Crippen LogP contribution in [0, 0.1) is 5.82 Å². The lowest BCUT2D eigenvalue weighted by Crippen LogP contribution is -2.35. The molecule has 1 aromatic carbocycles. The van der Waals surface area contributed by atoms with Gasteiger partial charge in [-0.25, -0.2) is 4.39 Å². The minimum atomic E-state index is -0.310. The molecule has 4 bridgehead atoms. The number of halogens is 1. The molecule has 0 aliphatic carbocycles. The van der Waals surface area contributed by atoms with Crippen LogP contribution < -0.4 is 10.6 Å². The zero-order chi connectivity index (χ0) is 19.4. The monoisotopic (exact) mass is 367 g/mol. The van der Waals surface area contributed by atoms with Crippen molar-refractivity contribution in [3.63, 3.8) is 0 Å². The molecule has 6 heteroatoms. The van der Waals surface area contributed by atoms with Crippen LogP contribution in [0.25, 0.3) is 11.3 Å². The second-order valence-electron chi connectivity index (χ2n) is 6.72. The summed E-state index contributed by atoms with van der Waals surface area (Å²) in [7, 11) is 3.99. The third-order valence-corrected chi connectivity index (χ3v) is 4.67. The van der Waals surface area contributed by atoms with Crippen molar-refractivity contribution in [2.45, 2.75) is 0 Å². The van der Waals surface area contributed by atoms with Crippen molar-refractivity contribution in [2.75, 3.05) is 40.3 Å². The van der Waals surface area contributed by atoms with Crippen LogP contribution in [0.2, 0.25) is 0 Å². The van der Waals surface area contributed by atoms with Crippen molar-refractivity contribution >= 4 is 17.1 Å². The van der Waals surface area contributed by atoms with Gasteiger partial charge in [0.2, 0.25) is 0 Å². The van der Waals surface area contributed by atoms with Crippen molar-refractivity contribution < 1.29 is 4.39 Å². The molecule has 2 aliphatic heterocycles. The smallest absolute Gasteiger partial charge is 0.127 e. The van der Waals surface area contributed by atoms with Crippen LogP contribution in [-0.4, -0.2) is 55.9 Å². The Morgan fingerprint density at radius 3 is 2.74 bits per heavy atom. The Balaban J connectivity index is 2.11. The summed E-state index contributed by atoms with van der Waals surface area (Å²) >= 11 is 0. The molecule has 0 aromatic heterocycles. The molecule has 0 saturated carbocycles. The Morgan fingerprint density at radius 2 is 1.96 bits per heavy atom. The van der Waals surface area contributed by atoms with Crippen LogP contribution in [0.15, 0.2) is 60.5 Å². The molecular formula is C21H26FN5. The van der Waals surface area contributed by atoms with Crippen LogP contribution in [0.3, 0.4) is 0 Å². The van der Waals surface area contributed by atoms with Gasteiger partial charge in [-0.05, 0) is 36.9 Å². The second-order valence-corrected chi connectivity index (χ2v) is 6.72. The maximum atomic E-state index is 14.3. The minimum absolute atomic E-state index is 0.310. The third kappa shape index (κ3) is 4.46. The molecule has 2 aliphatic rings. The number of amidine groups is 1. The number of aliphatic imine (C=N–C) groups is 1. The number of fused-ring (bicyclic) bond motifs is 4. The quantitative estimate of drug-likeness (QED) is 0.801. The van der Waals surface area contributed by atoms with Crippen molar-refractivity contribution in [3.8, 4) is 0 Å². The molecule has 0 spiro atoms. The molecule has 3 rings (SSSR count). The van der Waals surface area contributed by atoms with Gasteiger partial charge in [0.15, 0.2) is 0 Å². The van der Waals surface area contributed by atoms with Crippen molar-refractivity contribution in [3.05, 3.63) is 72.5 Å². The second kappa shape index (κ2) is 8.22. The molecule has 0 atom stereocenters. The highest BCUT2D eigenvalue weighted by Crippen LogP contribution is 2.26. The molecule has 0 unspecified atom stereocenters. The summed E-state index contributed by atoms with van der Waals surface area (Å²) in [6, 6.07) is 4.94.